The van der Waals surface area contributed by atoms with Crippen LogP contribution in [-0.2, 0) is 0 Å². The van der Waals surface area contributed by atoms with Gasteiger partial charge in [0.1, 0.15) is 5.69 Å². The smallest absolute Gasteiger partial charge is 0.274 e. The number of nitro benzene ring substituents is 1. The molecule has 0 spiro atoms. The van der Waals surface area contributed by atoms with Crippen molar-refractivity contribution in [2.75, 3.05) is 5.32 Å². The van der Waals surface area contributed by atoms with Crippen LogP contribution in [0.5, 0.6) is 0 Å². The Balaban J connectivity index is 2.28. The molecule has 0 unspecified atom stereocenters. The number of carbonyl (C=O) groups is 1. The minimum atomic E-state index is -0.571. The van der Waals surface area contributed by atoms with E-state index in [0.29, 0.717) is 4.47 Å². The fourth-order valence-corrected chi connectivity index (χ4v) is 1.87. The number of nitrogens with zero attached hydrogens (tertiary/aromatic N) is 2. The van der Waals surface area contributed by atoms with Crippen molar-refractivity contribution in [2.45, 2.75) is 0 Å². The zero-order valence-electron chi connectivity index (χ0n) is 9.18. The van der Waals surface area contributed by atoms with Crippen molar-refractivity contribution < 1.29 is 9.72 Å². The fraction of sp³-hybridized carbons (Fsp3) is 0. The summed E-state index contributed by atoms with van der Waals surface area (Å²) in [4.78, 5) is 22.0. The van der Waals surface area contributed by atoms with Gasteiger partial charge in [-0.05, 0) is 22.0 Å². The van der Waals surface area contributed by atoms with Gasteiger partial charge in [-0.1, -0.05) is 11.6 Å². The van der Waals surface area contributed by atoms with E-state index < -0.39 is 10.8 Å². The number of nitrogens with one attached hydrogen (secondary N) is 2. The molecule has 1 aromatic carbocycles. The van der Waals surface area contributed by atoms with Crippen molar-refractivity contribution in [2.24, 2.45) is 0 Å². The number of anilines is 1. The molecule has 9 heteroatoms. The lowest BCUT2D eigenvalue weighted by Crippen LogP contribution is -2.13. The molecular weight excluding hydrogens is 339 g/mol. The highest BCUT2D eigenvalue weighted by atomic mass is 79.9. The maximum absolute atomic E-state index is 11.9. The van der Waals surface area contributed by atoms with Gasteiger partial charge in [-0.25, -0.2) is 0 Å². The molecule has 1 amide bonds. The largest absolute Gasteiger partial charge is 0.319 e. The summed E-state index contributed by atoms with van der Waals surface area (Å²) in [6.07, 6.45) is 1.42. The minimum absolute atomic E-state index is 0.155. The number of benzene rings is 1. The molecule has 2 rings (SSSR count). The van der Waals surface area contributed by atoms with Gasteiger partial charge in [0, 0.05) is 12.1 Å². The van der Waals surface area contributed by atoms with Crippen LogP contribution < -0.4 is 5.32 Å². The third-order valence-corrected chi connectivity index (χ3v) is 3.16. The Morgan fingerprint density at radius 2 is 2.26 bits per heavy atom. The molecule has 0 aliphatic rings. The summed E-state index contributed by atoms with van der Waals surface area (Å²) in [6.45, 7) is 0. The van der Waals surface area contributed by atoms with E-state index in [9.17, 15) is 14.9 Å². The van der Waals surface area contributed by atoms with E-state index in [1.807, 2.05) is 0 Å². The summed E-state index contributed by atoms with van der Waals surface area (Å²) < 4.78 is 0.478. The molecule has 0 bridgehead atoms. The van der Waals surface area contributed by atoms with Crippen LogP contribution in [-0.4, -0.2) is 21.0 Å². The average Bonchev–Trinajstić information content (AvgIpc) is 2.78. The number of aromatic nitrogens is 2. The summed E-state index contributed by atoms with van der Waals surface area (Å²) in [5.74, 6) is -0.508. The van der Waals surface area contributed by atoms with Crippen molar-refractivity contribution in [3.8, 4) is 0 Å². The molecule has 2 N–H and O–H groups in total. The number of hydrogen-bond acceptors (Lipinski definition) is 4. The van der Waals surface area contributed by atoms with Crippen LogP contribution in [0, 0.1) is 10.1 Å². The quantitative estimate of drug-likeness (QED) is 0.659. The molecule has 0 saturated carbocycles. The zero-order chi connectivity index (χ0) is 14.0. The van der Waals surface area contributed by atoms with Crippen LogP contribution in [0.4, 0.5) is 11.4 Å². The SMILES string of the molecule is O=C(Nc1cc([N+](=O)[O-])ccc1Cl)c1[nH]ncc1Br. The summed E-state index contributed by atoms with van der Waals surface area (Å²) in [5, 5.41) is 19.5. The summed E-state index contributed by atoms with van der Waals surface area (Å²) in [5.41, 5.74) is 0.188. The zero-order valence-corrected chi connectivity index (χ0v) is 11.5. The van der Waals surface area contributed by atoms with Gasteiger partial charge in [-0.3, -0.25) is 20.0 Å². The maximum atomic E-state index is 11.9. The van der Waals surface area contributed by atoms with Crippen molar-refractivity contribution in [3.05, 3.63) is 49.7 Å². The van der Waals surface area contributed by atoms with Crippen LogP contribution in [0.1, 0.15) is 10.5 Å². The van der Waals surface area contributed by atoms with Gasteiger partial charge in [-0.2, -0.15) is 5.10 Å². The van der Waals surface area contributed by atoms with Crippen LogP contribution in [0.2, 0.25) is 5.02 Å². The summed E-state index contributed by atoms with van der Waals surface area (Å²) >= 11 is 9.01. The number of nitro groups is 1. The van der Waals surface area contributed by atoms with Gasteiger partial charge in [0.15, 0.2) is 0 Å². The van der Waals surface area contributed by atoms with Crippen LogP contribution in [0.25, 0.3) is 0 Å². The van der Waals surface area contributed by atoms with Gasteiger partial charge in [0.25, 0.3) is 11.6 Å². The Hall–Kier alpha value is -1.93. The van der Waals surface area contributed by atoms with Gasteiger partial charge >= 0.3 is 0 Å². The van der Waals surface area contributed by atoms with E-state index >= 15 is 0 Å². The number of hydrogen-bond donors (Lipinski definition) is 2. The predicted octanol–water partition coefficient (Wildman–Crippen LogP) is 2.99. The summed E-state index contributed by atoms with van der Waals surface area (Å²) in [7, 11) is 0. The highest BCUT2D eigenvalue weighted by Crippen LogP contribution is 2.27. The molecule has 0 radical (unpaired) electrons. The number of aromatic amines is 1. The first-order valence-electron chi connectivity index (χ1n) is 4.93. The van der Waals surface area contributed by atoms with E-state index in [1.165, 1.54) is 24.4 Å². The first kappa shape index (κ1) is 13.5. The van der Waals surface area contributed by atoms with Crippen LogP contribution >= 0.6 is 27.5 Å². The monoisotopic (exact) mass is 344 g/mol. The number of rotatable bonds is 3. The molecule has 19 heavy (non-hydrogen) atoms. The normalized spacial score (nSPS) is 10.2. The Labute approximate surface area is 120 Å². The molecule has 0 aliphatic heterocycles. The first-order chi connectivity index (χ1) is 8.99. The lowest BCUT2D eigenvalue weighted by molar-refractivity contribution is -0.384. The number of H-pyrrole nitrogens is 1. The minimum Gasteiger partial charge on any atom is -0.319 e. The fourth-order valence-electron chi connectivity index (χ4n) is 1.34. The molecule has 0 atom stereocenters. The van der Waals surface area contributed by atoms with E-state index in [4.69, 9.17) is 11.6 Å². The Kier molecular flexibility index (Phi) is 3.82. The second-order valence-electron chi connectivity index (χ2n) is 3.47. The Bertz CT molecular complexity index is 658. The molecule has 1 heterocycles. The van der Waals surface area contributed by atoms with Gasteiger partial charge in [0.05, 0.1) is 26.3 Å². The molecule has 2 aromatic rings. The lowest BCUT2D eigenvalue weighted by Gasteiger charge is -2.06. The third kappa shape index (κ3) is 2.91. The highest BCUT2D eigenvalue weighted by Gasteiger charge is 2.16. The third-order valence-electron chi connectivity index (χ3n) is 2.23. The van der Waals surface area contributed by atoms with Gasteiger partial charge in [0.2, 0.25) is 0 Å². The topological polar surface area (TPSA) is 101 Å². The second-order valence-corrected chi connectivity index (χ2v) is 4.73. The molecule has 0 saturated heterocycles. The standard InChI is InChI=1S/C10H6BrClN4O3/c11-6-4-13-15-9(6)10(17)14-8-3-5(16(18)19)1-2-7(8)12/h1-4H,(H,13,15)(H,14,17). The maximum Gasteiger partial charge on any atom is 0.274 e. The van der Waals surface area contributed by atoms with Crippen LogP contribution in [0.3, 0.4) is 0 Å². The van der Waals surface area contributed by atoms with Crippen molar-refractivity contribution in [3.63, 3.8) is 0 Å². The van der Waals surface area contributed by atoms with E-state index in [0.717, 1.165) is 0 Å². The van der Waals surface area contributed by atoms with Crippen molar-refractivity contribution >= 4 is 44.8 Å². The molecule has 0 fully saturated rings. The number of halogens is 2. The predicted molar refractivity (Wildman–Crippen MR) is 72.3 cm³/mol. The van der Waals surface area contributed by atoms with E-state index in [1.54, 1.807) is 0 Å². The van der Waals surface area contributed by atoms with Crippen molar-refractivity contribution in [1.82, 2.24) is 10.2 Å². The number of amides is 1. The highest BCUT2D eigenvalue weighted by molar-refractivity contribution is 9.10. The van der Waals surface area contributed by atoms with Gasteiger partial charge < -0.3 is 5.32 Å². The number of carbonyl (C=O) groups excluding carboxylic acids is 1. The summed E-state index contributed by atoms with van der Waals surface area (Å²) in [6, 6.07) is 3.78. The van der Waals surface area contributed by atoms with Crippen molar-refractivity contribution in [1.29, 1.82) is 0 Å². The Morgan fingerprint density at radius 3 is 2.84 bits per heavy atom. The molecule has 1 aromatic heterocycles. The van der Waals surface area contributed by atoms with Crippen LogP contribution in [0.15, 0.2) is 28.9 Å². The lowest BCUT2D eigenvalue weighted by atomic mass is 10.2. The second kappa shape index (κ2) is 5.37. The molecule has 0 aliphatic carbocycles. The molecule has 98 valence electrons. The first-order valence-corrected chi connectivity index (χ1v) is 6.10. The van der Waals surface area contributed by atoms with E-state index in [-0.39, 0.29) is 22.1 Å². The molecular formula is C10H6BrClN4O3. The average molecular weight is 346 g/mol. The van der Waals surface area contributed by atoms with E-state index in [2.05, 4.69) is 31.4 Å². The van der Waals surface area contributed by atoms with Gasteiger partial charge in [-0.15, -0.1) is 0 Å². The number of non-ortho nitro benzene ring substituents is 1. The molecule has 7 nitrogen and oxygen atoms in total. The Morgan fingerprint density at radius 1 is 1.53 bits per heavy atom.